The maximum atomic E-state index is 11.6. The fourth-order valence-corrected chi connectivity index (χ4v) is 2.02. The van der Waals surface area contributed by atoms with E-state index in [9.17, 15) is 4.79 Å². The Labute approximate surface area is 117 Å². The third-order valence-electron chi connectivity index (χ3n) is 2.52. The van der Waals surface area contributed by atoms with Gasteiger partial charge >= 0.3 is 0 Å². The third kappa shape index (κ3) is 5.71. The van der Waals surface area contributed by atoms with Gasteiger partial charge in [0.1, 0.15) is 0 Å². The molecule has 0 saturated carbocycles. The number of aliphatic hydroxyl groups excluding tert-OH is 1. The second-order valence-corrected chi connectivity index (χ2v) is 4.89. The van der Waals surface area contributed by atoms with Crippen molar-refractivity contribution in [3.8, 4) is 0 Å². The highest BCUT2D eigenvalue weighted by Gasteiger charge is 2.06. The number of aliphatic hydroxyl groups is 1. The van der Waals surface area contributed by atoms with E-state index in [1.54, 1.807) is 18.2 Å². The molecular formula is C13H17Cl2NO2. The minimum atomic E-state index is -0.0526. The summed E-state index contributed by atoms with van der Waals surface area (Å²) < 4.78 is 0. The van der Waals surface area contributed by atoms with Crippen LogP contribution in [0.3, 0.4) is 0 Å². The topological polar surface area (TPSA) is 49.3 Å². The number of nitrogens with one attached hydrogen (secondary N) is 1. The van der Waals surface area contributed by atoms with Crippen molar-refractivity contribution in [3.63, 3.8) is 0 Å². The smallest absolute Gasteiger partial charge is 0.224 e. The van der Waals surface area contributed by atoms with E-state index >= 15 is 0 Å². The molecule has 0 aliphatic rings. The van der Waals surface area contributed by atoms with Gasteiger partial charge in [0.15, 0.2) is 0 Å². The van der Waals surface area contributed by atoms with Gasteiger partial charge in [-0.3, -0.25) is 4.79 Å². The van der Waals surface area contributed by atoms with Crippen molar-refractivity contribution in [2.75, 3.05) is 13.2 Å². The summed E-state index contributed by atoms with van der Waals surface area (Å²) in [5.74, 6) is -0.0526. The van der Waals surface area contributed by atoms with Crippen molar-refractivity contribution in [1.29, 1.82) is 0 Å². The van der Waals surface area contributed by atoms with Crippen molar-refractivity contribution in [2.24, 2.45) is 0 Å². The molecule has 0 radical (unpaired) electrons. The lowest BCUT2D eigenvalue weighted by atomic mass is 10.1. The maximum Gasteiger partial charge on any atom is 0.224 e. The normalized spacial score (nSPS) is 10.4. The Kier molecular flexibility index (Phi) is 7.09. The number of unbranched alkanes of at least 4 members (excludes halogenated alkanes) is 2. The van der Waals surface area contributed by atoms with Crippen molar-refractivity contribution in [1.82, 2.24) is 5.32 Å². The zero-order valence-electron chi connectivity index (χ0n) is 10.1. The first-order valence-corrected chi connectivity index (χ1v) is 6.70. The molecule has 0 unspecified atom stereocenters. The molecule has 0 heterocycles. The summed E-state index contributed by atoms with van der Waals surface area (Å²) in [5.41, 5.74) is 0.772. The van der Waals surface area contributed by atoms with Gasteiger partial charge in [0.2, 0.25) is 5.91 Å². The molecule has 0 fully saturated rings. The molecule has 1 aromatic rings. The summed E-state index contributed by atoms with van der Waals surface area (Å²) in [6.07, 6.45) is 2.83. The molecule has 1 aromatic carbocycles. The van der Waals surface area contributed by atoms with Crippen LogP contribution in [0, 0.1) is 0 Å². The van der Waals surface area contributed by atoms with Crippen LogP contribution in [-0.4, -0.2) is 24.2 Å². The number of halogens is 2. The van der Waals surface area contributed by atoms with Crippen LogP contribution in [0.15, 0.2) is 18.2 Å². The van der Waals surface area contributed by atoms with Crippen LogP contribution < -0.4 is 5.32 Å². The summed E-state index contributed by atoms with van der Waals surface area (Å²) in [6, 6.07) is 5.11. The van der Waals surface area contributed by atoms with E-state index in [0.29, 0.717) is 16.6 Å². The van der Waals surface area contributed by atoms with E-state index in [0.717, 1.165) is 24.8 Å². The summed E-state index contributed by atoms with van der Waals surface area (Å²) in [4.78, 5) is 11.6. The molecule has 2 N–H and O–H groups in total. The minimum Gasteiger partial charge on any atom is -0.396 e. The molecule has 0 aromatic heterocycles. The van der Waals surface area contributed by atoms with Gasteiger partial charge in [0, 0.05) is 23.2 Å². The van der Waals surface area contributed by atoms with Crippen LogP contribution >= 0.6 is 23.2 Å². The third-order valence-corrected chi connectivity index (χ3v) is 3.11. The highest BCUT2D eigenvalue weighted by Crippen LogP contribution is 2.21. The first-order valence-electron chi connectivity index (χ1n) is 5.95. The van der Waals surface area contributed by atoms with Gasteiger partial charge in [-0.05, 0) is 37.0 Å². The SMILES string of the molecule is O=C(Cc1ccc(Cl)cc1Cl)NCCCCCO. The Hall–Kier alpha value is -0.770. The average molecular weight is 290 g/mol. The zero-order valence-corrected chi connectivity index (χ0v) is 11.6. The minimum absolute atomic E-state index is 0.0526. The molecule has 0 spiro atoms. The average Bonchev–Trinajstić information content (AvgIpc) is 2.32. The molecule has 0 saturated heterocycles. The van der Waals surface area contributed by atoms with E-state index in [2.05, 4.69) is 5.32 Å². The Bertz CT molecular complexity index is 397. The van der Waals surface area contributed by atoms with E-state index < -0.39 is 0 Å². The monoisotopic (exact) mass is 289 g/mol. The molecule has 3 nitrogen and oxygen atoms in total. The van der Waals surface area contributed by atoms with Crippen LogP contribution in [0.4, 0.5) is 0 Å². The summed E-state index contributed by atoms with van der Waals surface area (Å²) >= 11 is 11.8. The number of rotatable bonds is 7. The Morgan fingerprint density at radius 1 is 1.22 bits per heavy atom. The van der Waals surface area contributed by atoms with Crippen LogP contribution in [0.2, 0.25) is 10.0 Å². The van der Waals surface area contributed by atoms with Crippen molar-refractivity contribution < 1.29 is 9.90 Å². The van der Waals surface area contributed by atoms with Gasteiger partial charge in [-0.15, -0.1) is 0 Å². The Morgan fingerprint density at radius 3 is 2.67 bits per heavy atom. The maximum absolute atomic E-state index is 11.6. The lowest BCUT2D eigenvalue weighted by Crippen LogP contribution is -2.26. The predicted octanol–water partition coefficient (Wildman–Crippen LogP) is 2.81. The van der Waals surface area contributed by atoms with Crippen LogP contribution in [-0.2, 0) is 11.2 Å². The number of hydrogen-bond donors (Lipinski definition) is 2. The molecule has 18 heavy (non-hydrogen) atoms. The van der Waals surface area contributed by atoms with E-state index in [1.807, 2.05) is 0 Å². The number of carbonyl (C=O) groups is 1. The lowest BCUT2D eigenvalue weighted by molar-refractivity contribution is -0.120. The summed E-state index contributed by atoms with van der Waals surface area (Å²) in [7, 11) is 0. The van der Waals surface area contributed by atoms with Gasteiger partial charge < -0.3 is 10.4 Å². The lowest BCUT2D eigenvalue weighted by Gasteiger charge is -2.06. The quantitative estimate of drug-likeness (QED) is 0.759. The molecule has 1 amide bonds. The van der Waals surface area contributed by atoms with E-state index in [4.69, 9.17) is 28.3 Å². The largest absolute Gasteiger partial charge is 0.396 e. The second kappa shape index (κ2) is 8.35. The van der Waals surface area contributed by atoms with Gasteiger partial charge in [-0.25, -0.2) is 0 Å². The van der Waals surface area contributed by atoms with Gasteiger partial charge in [-0.1, -0.05) is 29.3 Å². The zero-order chi connectivity index (χ0) is 13.4. The van der Waals surface area contributed by atoms with Gasteiger partial charge in [0.25, 0.3) is 0 Å². The van der Waals surface area contributed by atoms with Gasteiger partial charge in [-0.2, -0.15) is 0 Å². The molecular weight excluding hydrogens is 273 g/mol. The molecule has 0 aliphatic heterocycles. The fourth-order valence-electron chi connectivity index (χ4n) is 1.54. The second-order valence-electron chi connectivity index (χ2n) is 4.05. The fraction of sp³-hybridized carbons (Fsp3) is 0.462. The van der Waals surface area contributed by atoms with Crippen LogP contribution in [0.5, 0.6) is 0 Å². The van der Waals surface area contributed by atoms with Crippen molar-refractivity contribution in [2.45, 2.75) is 25.7 Å². The van der Waals surface area contributed by atoms with Crippen molar-refractivity contribution >= 4 is 29.1 Å². The standard InChI is InChI=1S/C13H17Cl2NO2/c14-11-5-4-10(12(15)9-11)8-13(18)16-6-2-1-3-7-17/h4-5,9,17H,1-3,6-8H2,(H,16,18). The van der Waals surface area contributed by atoms with Crippen LogP contribution in [0.1, 0.15) is 24.8 Å². The van der Waals surface area contributed by atoms with Crippen LogP contribution in [0.25, 0.3) is 0 Å². The number of carbonyl (C=O) groups excluding carboxylic acids is 1. The predicted molar refractivity (Wildman–Crippen MR) is 74.1 cm³/mol. The molecule has 1 rings (SSSR count). The summed E-state index contributed by atoms with van der Waals surface area (Å²) in [6.45, 7) is 0.832. The first-order chi connectivity index (χ1) is 8.63. The Balaban J connectivity index is 2.31. The highest BCUT2D eigenvalue weighted by atomic mass is 35.5. The van der Waals surface area contributed by atoms with E-state index in [-0.39, 0.29) is 18.9 Å². The van der Waals surface area contributed by atoms with E-state index in [1.165, 1.54) is 0 Å². The van der Waals surface area contributed by atoms with Crippen molar-refractivity contribution in [3.05, 3.63) is 33.8 Å². The Morgan fingerprint density at radius 2 is 2.00 bits per heavy atom. The first kappa shape index (κ1) is 15.3. The molecule has 100 valence electrons. The van der Waals surface area contributed by atoms with Gasteiger partial charge in [0.05, 0.1) is 6.42 Å². The number of amides is 1. The molecule has 0 bridgehead atoms. The highest BCUT2D eigenvalue weighted by molar-refractivity contribution is 6.35. The number of hydrogen-bond acceptors (Lipinski definition) is 2. The number of benzene rings is 1. The molecule has 0 aliphatic carbocycles. The molecule has 5 heteroatoms. The molecule has 0 atom stereocenters. The summed E-state index contributed by atoms with van der Waals surface area (Å²) in [5, 5.41) is 12.5.